The van der Waals surface area contributed by atoms with Crippen molar-refractivity contribution in [3.63, 3.8) is 0 Å². The van der Waals surface area contributed by atoms with Crippen LogP contribution in [0.15, 0.2) is 36.4 Å². The predicted octanol–water partition coefficient (Wildman–Crippen LogP) is 7.69. The standard InChI is InChI=1S/C28H34F7N3O/c1-16(2)36(5)15-19-9-10-38(25(19)24-8-7-23(29)11-17(24)3)26(39)37(6)18(4)20-12-21(27(30,31)32)14-22(13-20)28(33,34)35/h7-8,11-14,16,18-19,25H,9-10,15H2,1-6H3/t18-,19+,25-/m0/s1. The van der Waals surface area contributed by atoms with E-state index in [4.69, 9.17) is 0 Å². The third-order valence-corrected chi connectivity index (χ3v) is 7.70. The minimum absolute atomic E-state index is 0.0143. The molecular weight excluding hydrogens is 527 g/mol. The van der Waals surface area contributed by atoms with Gasteiger partial charge in [-0.15, -0.1) is 0 Å². The smallest absolute Gasteiger partial charge is 0.321 e. The highest BCUT2D eigenvalue weighted by Gasteiger charge is 2.42. The van der Waals surface area contributed by atoms with E-state index in [-0.39, 0.29) is 23.6 Å². The van der Waals surface area contributed by atoms with Crippen LogP contribution in [0.5, 0.6) is 0 Å². The molecule has 2 aromatic carbocycles. The summed E-state index contributed by atoms with van der Waals surface area (Å²) >= 11 is 0. The molecule has 216 valence electrons. The maximum Gasteiger partial charge on any atom is 0.416 e. The molecule has 1 aliphatic rings. The average molecular weight is 562 g/mol. The number of aryl methyl sites for hydroxylation is 1. The monoisotopic (exact) mass is 561 g/mol. The van der Waals surface area contributed by atoms with Crippen molar-refractivity contribution in [1.82, 2.24) is 14.7 Å². The van der Waals surface area contributed by atoms with Gasteiger partial charge in [-0.25, -0.2) is 9.18 Å². The van der Waals surface area contributed by atoms with E-state index in [1.165, 1.54) is 26.1 Å². The fourth-order valence-corrected chi connectivity index (χ4v) is 5.05. The van der Waals surface area contributed by atoms with E-state index in [1.807, 2.05) is 20.9 Å². The Balaban J connectivity index is 1.98. The van der Waals surface area contributed by atoms with Crippen LogP contribution in [-0.2, 0) is 12.4 Å². The Morgan fingerprint density at radius 1 is 0.974 bits per heavy atom. The number of hydrogen-bond acceptors (Lipinski definition) is 2. The van der Waals surface area contributed by atoms with E-state index in [0.717, 1.165) is 10.5 Å². The minimum atomic E-state index is -4.99. The fourth-order valence-electron chi connectivity index (χ4n) is 5.05. The van der Waals surface area contributed by atoms with Crippen molar-refractivity contribution in [2.24, 2.45) is 5.92 Å². The number of hydrogen-bond donors (Lipinski definition) is 0. The van der Waals surface area contributed by atoms with E-state index in [2.05, 4.69) is 4.90 Å². The van der Waals surface area contributed by atoms with Gasteiger partial charge in [0.05, 0.1) is 23.2 Å². The first-order valence-corrected chi connectivity index (χ1v) is 12.7. The van der Waals surface area contributed by atoms with Crippen LogP contribution in [0.4, 0.5) is 35.5 Å². The number of alkyl halides is 6. The zero-order chi connectivity index (χ0) is 29.4. The summed E-state index contributed by atoms with van der Waals surface area (Å²) in [5.74, 6) is -0.432. The summed E-state index contributed by atoms with van der Waals surface area (Å²) < 4.78 is 94.5. The van der Waals surface area contributed by atoms with E-state index in [9.17, 15) is 35.5 Å². The number of urea groups is 1. The van der Waals surface area contributed by atoms with Crippen LogP contribution >= 0.6 is 0 Å². The van der Waals surface area contributed by atoms with Gasteiger partial charge in [-0.05, 0) is 94.1 Å². The maximum absolute atomic E-state index is 13.9. The van der Waals surface area contributed by atoms with Crippen LogP contribution in [0.25, 0.3) is 0 Å². The van der Waals surface area contributed by atoms with Crippen molar-refractivity contribution in [2.75, 3.05) is 27.2 Å². The van der Waals surface area contributed by atoms with Crippen molar-refractivity contribution in [3.8, 4) is 0 Å². The average Bonchev–Trinajstić information content (AvgIpc) is 3.24. The number of nitrogens with zero attached hydrogens (tertiary/aromatic N) is 3. The second-order valence-corrected chi connectivity index (χ2v) is 10.6. The number of amides is 2. The molecule has 2 aromatic rings. The topological polar surface area (TPSA) is 26.8 Å². The van der Waals surface area contributed by atoms with Gasteiger partial charge in [0.1, 0.15) is 5.82 Å². The molecule has 0 radical (unpaired) electrons. The molecule has 0 spiro atoms. The van der Waals surface area contributed by atoms with Crippen LogP contribution < -0.4 is 0 Å². The molecule has 0 N–H and O–H groups in total. The molecule has 4 nitrogen and oxygen atoms in total. The van der Waals surface area contributed by atoms with Crippen LogP contribution in [-0.4, -0.2) is 54.0 Å². The van der Waals surface area contributed by atoms with Gasteiger partial charge in [0, 0.05) is 26.2 Å². The molecular formula is C28H34F7N3O. The molecule has 0 aliphatic carbocycles. The molecule has 2 amide bonds. The molecule has 11 heteroatoms. The Morgan fingerprint density at radius 3 is 2.03 bits per heavy atom. The minimum Gasteiger partial charge on any atom is -0.321 e. The number of halogens is 7. The van der Waals surface area contributed by atoms with Gasteiger partial charge in [-0.1, -0.05) is 6.07 Å². The van der Waals surface area contributed by atoms with Gasteiger partial charge in [0.25, 0.3) is 0 Å². The van der Waals surface area contributed by atoms with Crippen molar-refractivity contribution >= 4 is 6.03 Å². The third kappa shape index (κ3) is 6.85. The van der Waals surface area contributed by atoms with E-state index in [1.54, 1.807) is 17.9 Å². The summed E-state index contributed by atoms with van der Waals surface area (Å²) in [6.07, 6.45) is -9.35. The lowest BCUT2D eigenvalue weighted by atomic mass is 9.90. The SMILES string of the molecule is Cc1cc(F)ccc1[C@@H]1[C@@H](CN(C)C(C)C)CCN1C(=O)N(C)[C@@H](C)c1cc(C(F)(F)F)cc(C(F)(F)F)c1. The van der Waals surface area contributed by atoms with Crippen molar-refractivity contribution in [2.45, 2.75) is 64.6 Å². The van der Waals surface area contributed by atoms with E-state index in [0.29, 0.717) is 37.2 Å². The Bertz CT molecular complexity index is 1150. The van der Waals surface area contributed by atoms with Gasteiger partial charge in [-0.3, -0.25) is 0 Å². The van der Waals surface area contributed by atoms with Gasteiger partial charge < -0.3 is 14.7 Å². The molecule has 3 atom stereocenters. The Kier molecular flexibility index (Phi) is 8.94. The number of rotatable bonds is 6. The Labute approximate surface area is 224 Å². The lowest BCUT2D eigenvalue weighted by Crippen LogP contribution is -2.43. The van der Waals surface area contributed by atoms with Gasteiger partial charge >= 0.3 is 18.4 Å². The molecule has 0 aromatic heterocycles. The molecule has 39 heavy (non-hydrogen) atoms. The Hall–Kier alpha value is -2.82. The Morgan fingerprint density at radius 2 is 1.54 bits per heavy atom. The molecule has 1 saturated heterocycles. The summed E-state index contributed by atoms with van der Waals surface area (Å²) in [6.45, 7) is 8.20. The van der Waals surface area contributed by atoms with Crippen LogP contribution in [0, 0.1) is 18.7 Å². The predicted molar refractivity (Wildman–Crippen MR) is 134 cm³/mol. The number of likely N-dealkylation sites (tertiary alicyclic amines) is 1. The molecule has 0 saturated carbocycles. The lowest BCUT2D eigenvalue weighted by Gasteiger charge is -2.36. The zero-order valence-electron chi connectivity index (χ0n) is 22.8. The van der Waals surface area contributed by atoms with Gasteiger partial charge in [0.2, 0.25) is 0 Å². The zero-order valence-corrected chi connectivity index (χ0v) is 22.8. The second-order valence-electron chi connectivity index (χ2n) is 10.6. The molecule has 0 bridgehead atoms. The fraction of sp³-hybridized carbons (Fsp3) is 0.536. The largest absolute Gasteiger partial charge is 0.416 e. The lowest BCUT2D eigenvalue weighted by molar-refractivity contribution is -0.143. The normalized spacial score (nSPS) is 19.2. The molecule has 0 unspecified atom stereocenters. The summed E-state index contributed by atoms with van der Waals surface area (Å²) in [7, 11) is 3.33. The summed E-state index contributed by atoms with van der Waals surface area (Å²) in [4.78, 5) is 18.7. The summed E-state index contributed by atoms with van der Waals surface area (Å²) in [5.41, 5.74) is -1.74. The van der Waals surface area contributed by atoms with Crippen molar-refractivity contribution in [3.05, 3.63) is 70.0 Å². The van der Waals surface area contributed by atoms with Crippen molar-refractivity contribution < 1.29 is 35.5 Å². The highest BCUT2D eigenvalue weighted by Crippen LogP contribution is 2.42. The summed E-state index contributed by atoms with van der Waals surface area (Å²) in [6, 6.07) is 3.87. The quantitative estimate of drug-likeness (QED) is 0.338. The van der Waals surface area contributed by atoms with Gasteiger partial charge in [0.15, 0.2) is 0 Å². The summed E-state index contributed by atoms with van der Waals surface area (Å²) in [5, 5.41) is 0. The number of carbonyl (C=O) groups excluding carboxylic acids is 1. The molecule has 1 fully saturated rings. The van der Waals surface area contributed by atoms with Crippen LogP contribution in [0.1, 0.15) is 67.1 Å². The van der Waals surface area contributed by atoms with Crippen LogP contribution in [0.2, 0.25) is 0 Å². The molecule has 1 aliphatic heterocycles. The first-order valence-electron chi connectivity index (χ1n) is 12.7. The van der Waals surface area contributed by atoms with Gasteiger partial charge in [-0.2, -0.15) is 26.3 Å². The second kappa shape index (κ2) is 11.3. The van der Waals surface area contributed by atoms with E-state index >= 15 is 0 Å². The number of benzene rings is 2. The molecule has 3 rings (SSSR count). The highest BCUT2D eigenvalue weighted by atomic mass is 19.4. The van der Waals surface area contributed by atoms with E-state index < -0.39 is 47.4 Å². The molecule has 1 heterocycles. The maximum atomic E-state index is 13.9. The van der Waals surface area contributed by atoms with Crippen LogP contribution in [0.3, 0.4) is 0 Å². The first kappa shape index (κ1) is 30.7. The number of carbonyl (C=O) groups is 1. The third-order valence-electron chi connectivity index (χ3n) is 7.70. The highest BCUT2D eigenvalue weighted by molar-refractivity contribution is 5.76. The van der Waals surface area contributed by atoms with Crippen molar-refractivity contribution in [1.29, 1.82) is 0 Å². The first-order chi connectivity index (χ1) is 17.9.